The highest BCUT2D eigenvalue weighted by Gasteiger charge is 2.60. The van der Waals surface area contributed by atoms with Crippen molar-refractivity contribution in [1.82, 2.24) is 0 Å². The van der Waals surface area contributed by atoms with Crippen molar-refractivity contribution < 1.29 is 9.53 Å². The maximum atomic E-state index is 11.3. The molecule has 178 valence electrons. The minimum absolute atomic E-state index is 0.0519. The van der Waals surface area contributed by atoms with Gasteiger partial charge in [-0.15, -0.1) is 0 Å². The normalized spacial score (nSPS) is 45.5. The van der Waals surface area contributed by atoms with E-state index in [1.54, 1.807) is 0 Å². The van der Waals surface area contributed by atoms with Crippen LogP contribution in [0.4, 0.5) is 4.79 Å². The van der Waals surface area contributed by atoms with Crippen LogP contribution in [0.25, 0.3) is 0 Å². The van der Waals surface area contributed by atoms with Crippen molar-refractivity contribution >= 4 is 17.0 Å². The third-order valence-corrected chi connectivity index (χ3v) is 11.2. The Bertz CT molecular complexity index is 647. The summed E-state index contributed by atoms with van der Waals surface area (Å²) in [6.45, 7) is 12.6. The highest BCUT2D eigenvalue weighted by Crippen LogP contribution is 2.68. The minimum atomic E-state index is -0.616. The maximum absolute atomic E-state index is 11.3. The summed E-state index contributed by atoms with van der Waals surface area (Å²) in [5, 5.41) is 0. The maximum Gasteiger partial charge on any atom is 0.404 e. The van der Waals surface area contributed by atoms with Crippen LogP contribution < -0.4 is 0 Å². The second-order valence-corrected chi connectivity index (χ2v) is 13.2. The van der Waals surface area contributed by atoms with Crippen LogP contribution >= 0.6 is 11.6 Å². The van der Waals surface area contributed by atoms with Crippen molar-refractivity contribution in [3.8, 4) is 0 Å². The highest BCUT2D eigenvalue weighted by atomic mass is 35.5. The number of fused-ring (bicyclic) bond motifs is 5. The quantitative estimate of drug-likeness (QED) is 0.377. The van der Waals surface area contributed by atoms with E-state index >= 15 is 0 Å². The standard InChI is InChI=1S/C28H47ClO2/c1-18(2)7-6-8-19(3)23-11-12-24-22-10-9-20-17-21(31-26(29)30)13-15-27(20,4)25(22)14-16-28(23,24)5/h18-25H,6-17H2,1-5H3/t19-,20?,21+,22+,23-,24+,25+,27+,28-/m1/s1. The Balaban J connectivity index is 1.43. The third kappa shape index (κ3) is 4.45. The lowest BCUT2D eigenvalue weighted by atomic mass is 9.44. The van der Waals surface area contributed by atoms with Gasteiger partial charge in [-0.1, -0.05) is 53.9 Å². The second-order valence-electron chi connectivity index (χ2n) is 12.9. The van der Waals surface area contributed by atoms with Crippen molar-refractivity contribution in [2.75, 3.05) is 0 Å². The smallest absolute Gasteiger partial charge is 0.404 e. The molecular formula is C28H47ClO2. The molecule has 0 aromatic carbocycles. The van der Waals surface area contributed by atoms with Crippen LogP contribution in [-0.4, -0.2) is 11.5 Å². The molecule has 0 amide bonds. The zero-order chi connectivity index (χ0) is 22.4. The van der Waals surface area contributed by atoms with Gasteiger partial charge in [-0.05, 0) is 110 Å². The molecule has 2 nitrogen and oxygen atoms in total. The van der Waals surface area contributed by atoms with Crippen LogP contribution in [0, 0.1) is 52.3 Å². The fraction of sp³-hybridized carbons (Fsp3) is 0.964. The molecule has 4 rings (SSSR count). The summed E-state index contributed by atoms with van der Waals surface area (Å²) in [6, 6.07) is 0. The van der Waals surface area contributed by atoms with Crippen LogP contribution in [0.3, 0.4) is 0 Å². The monoisotopic (exact) mass is 450 g/mol. The van der Waals surface area contributed by atoms with Crippen LogP contribution in [0.5, 0.6) is 0 Å². The minimum Gasteiger partial charge on any atom is -0.450 e. The molecule has 0 radical (unpaired) electrons. The first kappa shape index (κ1) is 23.9. The van der Waals surface area contributed by atoms with Crippen molar-refractivity contribution in [2.24, 2.45) is 52.3 Å². The van der Waals surface area contributed by atoms with Crippen LogP contribution in [0.1, 0.15) is 112 Å². The van der Waals surface area contributed by atoms with Gasteiger partial charge in [0.05, 0.1) is 0 Å². The van der Waals surface area contributed by atoms with Crippen molar-refractivity contribution in [1.29, 1.82) is 0 Å². The van der Waals surface area contributed by atoms with Crippen LogP contribution in [-0.2, 0) is 4.74 Å². The van der Waals surface area contributed by atoms with Gasteiger partial charge < -0.3 is 4.74 Å². The molecule has 0 aromatic heterocycles. The van der Waals surface area contributed by atoms with Gasteiger partial charge in [-0.2, -0.15) is 0 Å². The zero-order valence-electron chi connectivity index (χ0n) is 20.8. The topological polar surface area (TPSA) is 26.3 Å². The molecule has 0 aromatic rings. The largest absolute Gasteiger partial charge is 0.450 e. The van der Waals surface area contributed by atoms with E-state index in [-0.39, 0.29) is 6.10 Å². The summed E-state index contributed by atoms with van der Waals surface area (Å²) in [7, 11) is 0. The molecule has 9 atom stereocenters. The molecule has 0 N–H and O–H groups in total. The first-order valence-corrected chi connectivity index (χ1v) is 13.9. The Hall–Kier alpha value is -0.240. The van der Waals surface area contributed by atoms with E-state index in [9.17, 15) is 4.79 Å². The number of carbonyl (C=O) groups is 1. The average Bonchev–Trinajstić information content (AvgIpc) is 3.05. The SMILES string of the molecule is CC(C)CCC[C@@H](C)[C@H]1CC[C@H]2[C@@H]3CCC4C[C@@H](OC(=O)Cl)CC[C@]4(C)[C@H]3CC[C@]12C. The first-order valence-electron chi connectivity index (χ1n) is 13.5. The molecule has 4 aliphatic carbocycles. The fourth-order valence-corrected chi connectivity index (χ4v) is 9.61. The Kier molecular flexibility index (Phi) is 7.08. The molecule has 4 fully saturated rings. The molecule has 3 heteroatoms. The Morgan fingerprint density at radius 3 is 2.35 bits per heavy atom. The molecule has 0 aliphatic heterocycles. The molecule has 0 heterocycles. The Morgan fingerprint density at radius 2 is 1.65 bits per heavy atom. The zero-order valence-corrected chi connectivity index (χ0v) is 21.6. The second kappa shape index (κ2) is 9.19. The van der Waals surface area contributed by atoms with Gasteiger partial charge in [0.25, 0.3) is 0 Å². The molecule has 4 aliphatic rings. The molecule has 0 saturated heterocycles. The summed E-state index contributed by atoms with van der Waals surface area (Å²) >= 11 is 5.53. The molecular weight excluding hydrogens is 404 g/mol. The summed E-state index contributed by atoms with van der Waals surface area (Å²) < 4.78 is 5.42. The number of halogens is 1. The summed E-state index contributed by atoms with van der Waals surface area (Å²) in [6.07, 6.45) is 16.1. The number of hydrogen-bond donors (Lipinski definition) is 0. The molecule has 0 spiro atoms. The Morgan fingerprint density at radius 1 is 0.935 bits per heavy atom. The lowest BCUT2D eigenvalue weighted by Gasteiger charge is -2.61. The highest BCUT2D eigenvalue weighted by molar-refractivity contribution is 6.61. The number of hydrogen-bond acceptors (Lipinski definition) is 2. The van der Waals surface area contributed by atoms with Gasteiger partial charge >= 0.3 is 5.43 Å². The van der Waals surface area contributed by atoms with Gasteiger partial charge in [-0.3, -0.25) is 0 Å². The Labute approximate surface area is 196 Å². The van der Waals surface area contributed by atoms with E-state index in [4.69, 9.17) is 16.3 Å². The molecule has 1 unspecified atom stereocenters. The molecule has 0 bridgehead atoms. The van der Waals surface area contributed by atoms with Gasteiger partial charge in [0, 0.05) is 11.6 Å². The van der Waals surface area contributed by atoms with E-state index in [1.807, 2.05) is 0 Å². The average molecular weight is 451 g/mol. The van der Waals surface area contributed by atoms with Crippen LogP contribution in [0.15, 0.2) is 0 Å². The van der Waals surface area contributed by atoms with Gasteiger partial charge in [0.1, 0.15) is 6.10 Å². The van der Waals surface area contributed by atoms with Crippen molar-refractivity contribution in [2.45, 2.75) is 118 Å². The predicted molar refractivity (Wildman–Crippen MR) is 129 cm³/mol. The lowest BCUT2D eigenvalue weighted by molar-refractivity contribution is -0.128. The number of ether oxygens (including phenoxy) is 1. The van der Waals surface area contributed by atoms with Gasteiger partial charge in [0.15, 0.2) is 0 Å². The first-order chi connectivity index (χ1) is 14.6. The number of rotatable bonds is 6. The summed E-state index contributed by atoms with van der Waals surface area (Å²) in [5.74, 6) is 6.13. The van der Waals surface area contributed by atoms with E-state index in [1.165, 1.54) is 64.2 Å². The predicted octanol–water partition coefficient (Wildman–Crippen LogP) is 8.85. The molecule has 4 saturated carbocycles. The van der Waals surface area contributed by atoms with E-state index in [0.717, 1.165) is 48.3 Å². The third-order valence-electron chi connectivity index (χ3n) is 11.1. The molecule has 31 heavy (non-hydrogen) atoms. The summed E-state index contributed by atoms with van der Waals surface area (Å²) in [5.41, 5.74) is 0.406. The van der Waals surface area contributed by atoms with Crippen molar-refractivity contribution in [3.05, 3.63) is 0 Å². The van der Waals surface area contributed by atoms with E-state index in [0.29, 0.717) is 16.7 Å². The lowest BCUT2D eigenvalue weighted by Crippen LogP contribution is -2.54. The fourth-order valence-electron chi connectivity index (χ4n) is 9.48. The van der Waals surface area contributed by atoms with E-state index in [2.05, 4.69) is 34.6 Å². The van der Waals surface area contributed by atoms with Gasteiger partial charge in [0.2, 0.25) is 0 Å². The van der Waals surface area contributed by atoms with Crippen molar-refractivity contribution in [3.63, 3.8) is 0 Å². The van der Waals surface area contributed by atoms with E-state index < -0.39 is 5.43 Å². The van der Waals surface area contributed by atoms with Crippen LogP contribution in [0.2, 0.25) is 0 Å². The van der Waals surface area contributed by atoms with Gasteiger partial charge in [-0.25, -0.2) is 4.79 Å². The summed E-state index contributed by atoms with van der Waals surface area (Å²) in [4.78, 5) is 11.3. The number of carbonyl (C=O) groups excluding carboxylic acids is 1.